The van der Waals surface area contributed by atoms with Gasteiger partial charge in [0.05, 0.1) is 34.1 Å². The molecule has 10 nitrogen and oxygen atoms in total. The number of aromatic nitrogens is 3. The number of methoxy groups -OCH3 is 4. The highest BCUT2D eigenvalue weighted by atomic mass is 16.5. The number of nitrogens with zero attached hydrogens (tertiary/aromatic N) is 3. The zero-order valence-electron chi connectivity index (χ0n) is 21.3. The molecule has 0 unspecified atom stereocenters. The summed E-state index contributed by atoms with van der Waals surface area (Å²) in [5, 5.41) is 18.3. The van der Waals surface area contributed by atoms with Crippen LogP contribution in [-0.4, -0.2) is 48.3 Å². The monoisotopic (exact) mass is 514 g/mol. The third-order valence-electron chi connectivity index (χ3n) is 6.83. The first-order valence-electron chi connectivity index (χ1n) is 11.9. The summed E-state index contributed by atoms with van der Waals surface area (Å²) in [7, 11) is 6.40. The quantitative estimate of drug-likeness (QED) is 0.382. The first kappa shape index (κ1) is 23.5. The molecule has 1 aromatic heterocycles. The maximum atomic E-state index is 10.4. The van der Waals surface area contributed by atoms with Gasteiger partial charge in [0.2, 0.25) is 5.95 Å². The summed E-state index contributed by atoms with van der Waals surface area (Å²) in [5.74, 6) is 3.71. The molecule has 0 saturated heterocycles. The molecule has 10 heteroatoms. The molecule has 4 aromatic rings. The fourth-order valence-corrected chi connectivity index (χ4v) is 5.09. The van der Waals surface area contributed by atoms with Gasteiger partial charge in [0.1, 0.15) is 30.0 Å². The molecule has 0 aliphatic carbocycles. The van der Waals surface area contributed by atoms with E-state index in [1.165, 1.54) is 6.33 Å². The Hall–Kier alpha value is -4.86. The number of aromatic hydroxyl groups is 1. The van der Waals surface area contributed by atoms with Crippen LogP contribution in [0.3, 0.4) is 0 Å². The van der Waals surface area contributed by atoms with Gasteiger partial charge in [-0.3, -0.25) is 0 Å². The van der Waals surface area contributed by atoms with Gasteiger partial charge in [0.25, 0.3) is 0 Å². The Morgan fingerprint density at radius 1 is 0.816 bits per heavy atom. The minimum atomic E-state index is -0.537. The van der Waals surface area contributed by atoms with Crippen LogP contribution in [0, 0.1) is 0 Å². The van der Waals surface area contributed by atoms with Gasteiger partial charge in [-0.05, 0) is 48.0 Å². The van der Waals surface area contributed by atoms with Gasteiger partial charge in [0.15, 0.2) is 23.0 Å². The van der Waals surface area contributed by atoms with Crippen LogP contribution in [0.25, 0.3) is 5.70 Å². The molecule has 0 radical (unpaired) electrons. The van der Waals surface area contributed by atoms with Crippen molar-refractivity contribution in [3.8, 4) is 34.5 Å². The van der Waals surface area contributed by atoms with Gasteiger partial charge in [-0.2, -0.15) is 10.1 Å². The maximum absolute atomic E-state index is 10.4. The lowest BCUT2D eigenvalue weighted by Crippen LogP contribution is -2.32. The number of fused-ring (bicyclic) bond motifs is 3. The number of hydrogen-bond acceptors (Lipinski definition) is 9. The Kier molecular flexibility index (Phi) is 5.71. The third-order valence-corrected chi connectivity index (χ3v) is 6.83. The molecule has 0 saturated carbocycles. The van der Waals surface area contributed by atoms with E-state index in [2.05, 4.69) is 15.4 Å². The lowest BCUT2D eigenvalue weighted by molar-refractivity contribution is 0.222. The normalized spacial score (nSPS) is 17.4. The Morgan fingerprint density at radius 3 is 2.16 bits per heavy atom. The molecular formula is C28H26N4O6. The fourth-order valence-electron chi connectivity index (χ4n) is 5.09. The number of benzene rings is 3. The van der Waals surface area contributed by atoms with Gasteiger partial charge in [-0.25, -0.2) is 4.68 Å². The summed E-state index contributed by atoms with van der Waals surface area (Å²) in [5.41, 5.74) is 4.12. The Labute approximate surface area is 219 Å². The van der Waals surface area contributed by atoms with Gasteiger partial charge >= 0.3 is 0 Å². The van der Waals surface area contributed by atoms with Crippen LogP contribution in [0.2, 0.25) is 0 Å². The van der Waals surface area contributed by atoms with Crippen LogP contribution < -0.4 is 29.0 Å². The summed E-state index contributed by atoms with van der Waals surface area (Å²) in [6.07, 6.45) is 0.967. The second kappa shape index (κ2) is 9.22. The van der Waals surface area contributed by atoms with E-state index < -0.39 is 12.1 Å². The molecule has 2 aliphatic heterocycles. The number of anilines is 1. The molecular weight excluding hydrogens is 488 g/mol. The van der Waals surface area contributed by atoms with Gasteiger partial charge < -0.3 is 34.1 Å². The van der Waals surface area contributed by atoms with E-state index in [4.69, 9.17) is 23.7 Å². The van der Waals surface area contributed by atoms with E-state index in [-0.39, 0.29) is 5.75 Å². The van der Waals surface area contributed by atoms with Crippen molar-refractivity contribution in [1.82, 2.24) is 14.8 Å². The molecule has 2 atom stereocenters. The summed E-state index contributed by atoms with van der Waals surface area (Å²) in [6.45, 7) is 0. The van der Waals surface area contributed by atoms with E-state index in [1.54, 1.807) is 46.6 Å². The second-order valence-electron chi connectivity index (χ2n) is 8.79. The van der Waals surface area contributed by atoms with Crippen molar-refractivity contribution in [2.24, 2.45) is 0 Å². The number of ether oxygens (including phenoxy) is 5. The molecule has 0 amide bonds. The summed E-state index contributed by atoms with van der Waals surface area (Å²) in [6, 6.07) is 16.1. The number of phenolic OH excluding ortho intramolecular Hbond substituents is 1. The van der Waals surface area contributed by atoms with Gasteiger partial charge in [-0.15, -0.1) is 0 Å². The molecule has 38 heavy (non-hydrogen) atoms. The molecule has 0 fully saturated rings. The summed E-state index contributed by atoms with van der Waals surface area (Å²) >= 11 is 0. The lowest BCUT2D eigenvalue weighted by atomic mass is 9.84. The fraction of sp³-hybridized carbons (Fsp3) is 0.214. The van der Waals surface area contributed by atoms with Crippen LogP contribution in [-0.2, 0) is 0 Å². The van der Waals surface area contributed by atoms with Crippen molar-refractivity contribution in [3.05, 3.63) is 83.2 Å². The standard InChI is InChI=1S/C28H26N4O6/c1-34-20-8-5-15(11-22(20)36-3)26-24-25(31-28-29-14-30-32(26)28)18-13-17(33)7-10-19(18)38-27(24)16-6-9-21(35-2)23(12-16)37-4/h5-14,26-27,33H,1-4H3,(H,29,30,31)/t26-,27+/m0/s1. The highest BCUT2D eigenvalue weighted by Crippen LogP contribution is 2.52. The van der Waals surface area contributed by atoms with Crippen molar-refractivity contribution < 1.29 is 28.8 Å². The van der Waals surface area contributed by atoms with Crippen LogP contribution in [0.15, 0.2) is 66.5 Å². The minimum Gasteiger partial charge on any atom is -0.508 e. The Morgan fingerprint density at radius 2 is 1.47 bits per heavy atom. The van der Waals surface area contributed by atoms with E-state index in [0.717, 1.165) is 28.0 Å². The molecule has 0 bridgehead atoms. The molecule has 3 aromatic carbocycles. The van der Waals surface area contributed by atoms with Crippen molar-refractivity contribution >= 4 is 11.6 Å². The van der Waals surface area contributed by atoms with Crippen LogP contribution >= 0.6 is 0 Å². The minimum absolute atomic E-state index is 0.125. The average Bonchev–Trinajstić information content (AvgIpc) is 3.43. The van der Waals surface area contributed by atoms with Crippen LogP contribution in [0.4, 0.5) is 5.95 Å². The second-order valence-corrected chi connectivity index (χ2v) is 8.79. The van der Waals surface area contributed by atoms with Crippen LogP contribution in [0.1, 0.15) is 28.8 Å². The van der Waals surface area contributed by atoms with Gasteiger partial charge in [-0.1, -0.05) is 12.1 Å². The molecule has 3 heterocycles. The van der Waals surface area contributed by atoms with Crippen molar-refractivity contribution in [2.75, 3.05) is 33.8 Å². The zero-order chi connectivity index (χ0) is 26.4. The van der Waals surface area contributed by atoms with Gasteiger partial charge in [0, 0.05) is 16.7 Å². The van der Waals surface area contributed by atoms with Crippen molar-refractivity contribution in [2.45, 2.75) is 12.1 Å². The molecule has 0 spiro atoms. The van der Waals surface area contributed by atoms with E-state index in [1.807, 2.05) is 41.1 Å². The SMILES string of the molecule is COc1ccc([C@H]2C3=C(Nc4ncnn42)c2cc(O)ccc2O[C@@H]3c2ccc(OC)c(OC)c2)cc1OC. The van der Waals surface area contributed by atoms with Crippen molar-refractivity contribution in [1.29, 1.82) is 0 Å². The van der Waals surface area contributed by atoms with E-state index in [9.17, 15) is 5.11 Å². The summed E-state index contributed by atoms with van der Waals surface area (Å²) < 4.78 is 30.6. The Balaban J connectivity index is 1.61. The topological polar surface area (TPSA) is 109 Å². The third kappa shape index (κ3) is 3.64. The number of rotatable bonds is 6. The molecule has 2 aliphatic rings. The summed E-state index contributed by atoms with van der Waals surface area (Å²) in [4.78, 5) is 4.45. The molecule has 194 valence electrons. The highest BCUT2D eigenvalue weighted by Gasteiger charge is 2.41. The molecule has 2 N–H and O–H groups in total. The molecule has 6 rings (SSSR count). The van der Waals surface area contributed by atoms with Crippen LogP contribution in [0.5, 0.6) is 34.5 Å². The largest absolute Gasteiger partial charge is 0.508 e. The van der Waals surface area contributed by atoms with E-state index >= 15 is 0 Å². The predicted molar refractivity (Wildman–Crippen MR) is 139 cm³/mol. The highest BCUT2D eigenvalue weighted by molar-refractivity contribution is 5.85. The Bertz CT molecular complexity index is 1560. The first-order valence-corrected chi connectivity index (χ1v) is 11.9. The van der Waals surface area contributed by atoms with E-state index in [0.29, 0.717) is 34.7 Å². The maximum Gasteiger partial charge on any atom is 0.226 e. The predicted octanol–water partition coefficient (Wildman–Crippen LogP) is 4.58. The number of phenols is 1. The average molecular weight is 515 g/mol. The lowest BCUT2D eigenvalue weighted by Gasteiger charge is -2.39. The first-order chi connectivity index (χ1) is 18.6. The smallest absolute Gasteiger partial charge is 0.226 e. The number of nitrogens with one attached hydrogen (secondary N) is 1. The zero-order valence-corrected chi connectivity index (χ0v) is 21.3. The van der Waals surface area contributed by atoms with Crippen molar-refractivity contribution in [3.63, 3.8) is 0 Å². The number of hydrogen-bond donors (Lipinski definition) is 2.